The molecule has 0 heterocycles. The summed E-state index contributed by atoms with van der Waals surface area (Å²) in [5.41, 5.74) is 6.41. The van der Waals surface area contributed by atoms with Crippen LogP contribution in [-0.2, 0) is 14.3 Å². The Kier molecular flexibility index (Phi) is 9.41. The van der Waals surface area contributed by atoms with Crippen LogP contribution in [0.4, 0.5) is 0 Å². The fourth-order valence-corrected chi connectivity index (χ4v) is 3.63. The summed E-state index contributed by atoms with van der Waals surface area (Å²) < 4.78 is 11.2. The second kappa shape index (κ2) is 12.0. The van der Waals surface area contributed by atoms with Crippen molar-refractivity contribution in [3.05, 3.63) is 41.5 Å². The van der Waals surface area contributed by atoms with E-state index < -0.39 is 30.1 Å². The minimum absolute atomic E-state index is 0.0127. The molecule has 0 spiro atoms. The summed E-state index contributed by atoms with van der Waals surface area (Å²) in [4.78, 5) is 40.5. The van der Waals surface area contributed by atoms with E-state index in [1.54, 1.807) is 24.3 Å². The molecule has 1 aliphatic carbocycles. The largest absolute Gasteiger partial charge is 0.497 e. The van der Waals surface area contributed by atoms with Crippen molar-refractivity contribution in [2.24, 2.45) is 10.7 Å². The Morgan fingerprint density at radius 3 is 2.55 bits per heavy atom. The van der Waals surface area contributed by atoms with E-state index in [2.05, 4.69) is 15.6 Å². The number of rotatable bonds is 9. The standard InChI is InChI=1S/C23H32N4O6/c1-5-16(6-2)33-19-12-15(22(30)31)11-18(20(19)25-13(3)28)26-23(24)27-21(29)14-8-7-9-17(10-14)32-4/h7-10,12,16,18-20H,5-6,11H2,1-4H3,(H,25,28)(H,30,31)(H3,24,26,27,29)/t18-,19+,20+/m0/s1. The summed E-state index contributed by atoms with van der Waals surface area (Å²) in [7, 11) is 1.49. The molecule has 2 rings (SSSR count). The summed E-state index contributed by atoms with van der Waals surface area (Å²) in [6.07, 6.45) is 2.14. The minimum Gasteiger partial charge on any atom is -0.497 e. The van der Waals surface area contributed by atoms with Crippen molar-refractivity contribution in [1.29, 1.82) is 0 Å². The number of methoxy groups -OCH3 is 1. The van der Waals surface area contributed by atoms with Crippen molar-refractivity contribution in [2.75, 3.05) is 7.11 Å². The van der Waals surface area contributed by atoms with Crippen molar-refractivity contribution >= 4 is 23.7 Å². The minimum atomic E-state index is -1.10. The first-order chi connectivity index (χ1) is 15.7. The number of carbonyl (C=O) groups is 3. The van der Waals surface area contributed by atoms with E-state index in [9.17, 15) is 19.5 Å². The Labute approximate surface area is 193 Å². The van der Waals surface area contributed by atoms with Gasteiger partial charge in [-0.1, -0.05) is 19.9 Å². The molecule has 10 nitrogen and oxygen atoms in total. The number of aliphatic imine (C=N–C) groups is 1. The van der Waals surface area contributed by atoms with Crippen LogP contribution in [0.25, 0.3) is 0 Å². The molecule has 0 unspecified atom stereocenters. The van der Waals surface area contributed by atoms with Crippen LogP contribution in [0.2, 0.25) is 0 Å². The molecular formula is C23H32N4O6. The Hall–Kier alpha value is -3.40. The van der Waals surface area contributed by atoms with Crippen molar-refractivity contribution in [2.45, 2.75) is 64.3 Å². The molecule has 5 N–H and O–H groups in total. The second-order valence-corrected chi connectivity index (χ2v) is 7.73. The zero-order valence-electron chi connectivity index (χ0n) is 19.3. The lowest BCUT2D eigenvalue weighted by Crippen LogP contribution is -2.54. The Morgan fingerprint density at radius 1 is 1.27 bits per heavy atom. The number of benzene rings is 1. The molecule has 180 valence electrons. The van der Waals surface area contributed by atoms with Crippen LogP contribution in [0.3, 0.4) is 0 Å². The van der Waals surface area contributed by atoms with Crippen LogP contribution in [0.5, 0.6) is 5.75 Å². The van der Waals surface area contributed by atoms with Gasteiger partial charge >= 0.3 is 5.97 Å². The molecule has 1 aromatic carbocycles. The van der Waals surface area contributed by atoms with Crippen molar-refractivity contribution < 1.29 is 29.0 Å². The number of carboxylic acid groups (broad SMARTS) is 1. The predicted molar refractivity (Wildman–Crippen MR) is 123 cm³/mol. The molecule has 1 aliphatic rings. The van der Waals surface area contributed by atoms with Gasteiger partial charge in [0, 0.05) is 24.5 Å². The number of nitrogens with two attached hydrogens (primary N) is 1. The Bertz CT molecular complexity index is 925. The highest BCUT2D eigenvalue weighted by Gasteiger charge is 2.37. The maximum absolute atomic E-state index is 12.6. The highest BCUT2D eigenvalue weighted by molar-refractivity contribution is 6.05. The van der Waals surface area contributed by atoms with Crippen LogP contribution in [0.1, 0.15) is 50.4 Å². The molecule has 0 fully saturated rings. The maximum atomic E-state index is 12.6. The van der Waals surface area contributed by atoms with E-state index in [0.717, 1.165) is 12.8 Å². The Morgan fingerprint density at radius 2 is 1.97 bits per heavy atom. The molecular weight excluding hydrogens is 428 g/mol. The number of nitrogens with one attached hydrogen (secondary N) is 2. The molecule has 0 radical (unpaired) electrons. The van der Waals surface area contributed by atoms with Crippen LogP contribution in [0, 0.1) is 0 Å². The molecule has 1 aromatic rings. The topological polar surface area (TPSA) is 152 Å². The van der Waals surface area contributed by atoms with E-state index in [1.165, 1.54) is 20.1 Å². The van der Waals surface area contributed by atoms with Crippen LogP contribution >= 0.6 is 0 Å². The molecule has 0 aromatic heterocycles. The van der Waals surface area contributed by atoms with E-state index in [1.807, 2.05) is 13.8 Å². The molecule has 0 bridgehead atoms. The number of hydrogen-bond acceptors (Lipinski definition) is 6. The highest BCUT2D eigenvalue weighted by atomic mass is 16.5. The van der Waals surface area contributed by atoms with Crippen molar-refractivity contribution in [3.63, 3.8) is 0 Å². The molecule has 10 heteroatoms. The fraction of sp³-hybridized carbons (Fsp3) is 0.478. The third-order valence-electron chi connectivity index (χ3n) is 5.35. The molecule has 2 amide bonds. The average molecular weight is 461 g/mol. The van der Waals surface area contributed by atoms with E-state index in [0.29, 0.717) is 11.3 Å². The van der Waals surface area contributed by atoms with Gasteiger partial charge in [0.25, 0.3) is 5.91 Å². The van der Waals surface area contributed by atoms with Crippen LogP contribution in [-0.4, -0.2) is 60.3 Å². The molecule has 33 heavy (non-hydrogen) atoms. The van der Waals surface area contributed by atoms with Gasteiger partial charge in [-0.3, -0.25) is 14.9 Å². The summed E-state index contributed by atoms with van der Waals surface area (Å²) in [6, 6.07) is 5.10. The van der Waals surface area contributed by atoms with Gasteiger partial charge in [-0.25, -0.2) is 9.79 Å². The predicted octanol–water partition coefficient (Wildman–Crippen LogP) is 1.60. The van der Waals surface area contributed by atoms with Gasteiger partial charge in [0.05, 0.1) is 31.4 Å². The number of carbonyl (C=O) groups excluding carboxylic acids is 2. The quantitative estimate of drug-likeness (QED) is 0.323. The summed E-state index contributed by atoms with van der Waals surface area (Å²) in [6.45, 7) is 5.29. The summed E-state index contributed by atoms with van der Waals surface area (Å²) in [5.74, 6) is -1.61. The van der Waals surface area contributed by atoms with E-state index in [4.69, 9.17) is 15.2 Å². The number of amides is 2. The molecule has 3 atom stereocenters. The van der Waals surface area contributed by atoms with Gasteiger partial charge in [0.1, 0.15) is 5.75 Å². The van der Waals surface area contributed by atoms with Gasteiger partial charge in [-0.15, -0.1) is 0 Å². The third-order valence-corrected chi connectivity index (χ3v) is 5.35. The monoisotopic (exact) mass is 460 g/mol. The average Bonchev–Trinajstić information content (AvgIpc) is 2.78. The summed E-state index contributed by atoms with van der Waals surface area (Å²) in [5, 5.41) is 14.9. The molecule has 0 saturated carbocycles. The lowest BCUT2D eigenvalue weighted by molar-refractivity contribution is -0.133. The first-order valence-corrected chi connectivity index (χ1v) is 10.8. The number of aliphatic carboxylic acids is 1. The summed E-state index contributed by atoms with van der Waals surface area (Å²) >= 11 is 0. The van der Waals surface area contributed by atoms with Crippen molar-refractivity contribution in [3.8, 4) is 5.75 Å². The number of hydrogen-bond donors (Lipinski definition) is 4. The van der Waals surface area contributed by atoms with Crippen LogP contribution in [0.15, 0.2) is 40.9 Å². The SMILES string of the molecule is CCC(CC)O[C@@H]1C=C(C(=O)O)C[C@H](N=C(N)NC(=O)c2cccc(OC)c2)[C@H]1NC(C)=O. The van der Waals surface area contributed by atoms with Gasteiger partial charge in [-0.2, -0.15) is 0 Å². The lowest BCUT2D eigenvalue weighted by atomic mass is 9.88. The number of carboxylic acids is 1. The van der Waals surface area contributed by atoms with Gasteiger partial charge in [0.2, 0.25) is 5.91 Å². The fourth-order valence-electron chi connectivity index (χ4n) is 3.63. The highest BCUT2D eigenvalue weighted by Crippen LogP contribution is 2.26. The maximum Gasteiger partial charge on any atom is 0.331 e. The van der Waals surface area contributed by atoms with E-state index >= 15 is 0 Å². The van der Waals surface area contributed by atoms with Gasteiger partial charge in [0.15, 0.2) is 5.96 Å². The smallest absolute Gasteiger partial charge is 0.331 e. The van der Waals surface area contributed by atoms with Gasteiger partial charge in [-0.05, 0) is 37.1 Å². The third kappa shape index (κ3) is 7.31. The molecule has 0 aliphatic heterocycles. The van der Waals surface area contributed by atoms with E-state index in [-0.39, 0.29) is 30.0 Å². The lowest BCUT2D eigenvalue weighted by Gasteiger charge is -2.36. The van der Waals surface area contributed by atoms with Crippen LogP contribution < -0.4 is 21.1 Å². The zero-order valence-corrected chi connectivity index (χ0v) is 19.3. The first kappa shape index (κ1) is 25.9. The number of guanidine groups is 1. The van der Waals surface area contributed by atoms with Gasteiger partial charge < -0.3 is 25.6 Å². The zero-order chi connectivity index (χ0) is 24.5. The number of nitrogens with zero attached hydrogens (tertiary/aromatic N) is 1. The normalized spacial score (nSPS) is 20.7. The Balaban J connectivity index is 2.31. The first-order valence-electron chi connectivity index (χ1n) is 10.8. The molecule has 0 saturated heterocycles. The second-order valence-electron chi connectivity index (χ2n) is 7.73. The van der Waals surface area contributed by atoms with Crippen molar-refractivity contribution in [1.82, 2.24) is 10.6 Å². The number of ether oxygens (including phenoxy) is 2.